The van der Waals surface area contributed by atoms with Crippen molar-refractivity contribution in [2.45, 2.75) is 46.1 Å². The molecule has 0 N–H and O–H groups in total. The van der Waals surface area contributed by atoms with E-state index in [0.29, 0.717) is 11.4 Å². The number of aromatic nitrogens is 1. The molecular formula is C24H25F3N2O4. The van der Waals surface area contributed by atoms with E-state index in [2.05, 4.69) is 0 Å². The van der Waals surface area contributed by atoms with E-state index in [9.17, 15) is 22.8 Å². The SMILES string of the molecule is CC(=O)N(C)c1ccc(OCc2cc3c(C(F)(F)F)cccc3n2C(=O)OC(C)(C)C)cc1. The molecule has 0 atom stereocenters. The molecule has 0 fully saturated rings. The Bertz CT molecular complexity index is 1180. The molecule has 0 aliphatic carbocycles. The second-order valence-electron chi connectivity index (χ2n) is 8.55. The number of amides is 1. The van der Waals surface area contributed by atoms with Crippen molar-refractivity contribution in [2.24, 2.45) is 0 Å². The second kappa shape index (κ2) is 8.80. The number of rotatable bonds is 4. The zero-order valence-corrected chi connectivity index (χ0v) is 19.0. The Morgan fingerprint density at radius 2 is 1.67 bits per heavy atom. The summed E-state index contributed by atoms with van der Waals surface area (Å²) in [6.45, 7) is 6.29. The van der Waals surface area contributed by atoms with Crippen LogP contribution in [-0.4, -0.2) is 29.2 Å². The summed E-state index contributed by atoms with van der Waals surface area (Å²) in [5.41, 5.74) is -0.740. The van der Waals surface area contributed by atoms with E-state index in [1.807, 2.05) is 0 Å². The number of nitrogens with zero attached hydrogens (tertiary/aromatic N) is 2. The molecule has 33 heavy (non-hydrogen) atoms. The third-order valence-electron chi connectivity index (χ3n) is 4.89. The Morgan fingerprint density at radius 3 is 2.21 bits per heavy atom. The van der Waals surface area contributed by atoms with Gasteiger partial charge in [0.2, 0.25) is 5.91 Å². The predicted octanol–water partition coefficient (Wildman–Crippen LogP) is 6.01. The highest BCUT2D eigenvalue weighted by Crippen LogP contribution is 2.36. The van der Waals surface area contributed by atoms with E-state index in [-0.39, 0.29) is 29.1 Å². The monoisotopic (exact) mass is 462 g/mol. The lowest BCUT2D eigenvalue weighted by atomic mass is 10.1. The lowest BCUT2D eigenvalue weighted by Crippen LogP contribution is -2.28. The van der Waals surface area contributed by atoms with Gasteiger partial charge in [-0.05, 0) is 63.2 Å². The van der Waals surface area contributed by atoms with Gasteiger partial charge < -0.3 is 14.4 Å². The highest BCUT2D eigenvalue weighted by atomic mass is 19.4. The lowest BCUT2D eigenvalue weighted by molar-refractivity contribution is -0.136. The van der Waals surface area contributed by atoms with Crippen LogP contribution in [0.25, 0.3) is 10.9 Å². The van der Waals surface area contributed by atoms with Crippen molar-refractivity contribution >= 4 is 28.6 Å². The van der Waals surface area contributed by atoms with Crippen LogP contribution in [0.15, 0.2) is 48.5 Å². The van der Waals surface area contributed by atoms with Crippen LogP contribution < -0.4 is 9.64 Å². The van der Waals surface area contributed by atoms with E-state index in [1.54, 1.807) is 52.1 Å². The van der Waals surface area contributed by atoms with Gasteiger partial charge in [0.05, 0.1) is 16.8 Å². The molecule has 9 heteroatoms. The molecule has 1 aromatic heterocycles. The topological polar surface area (TPSA) is 60.8 Å². The molecule has 0 saturated heterocycles. The molecule has 0 aliphatic rings. The molecule has 176 valence electrons. The fraction of sp³-hybridized carbons (Fsp3) is 0.333. The third kappa shape index (κ3) is 5.47. The molecule has 6 nitrogen and oxygen atoms in total. The molecular weight excluding hydrogens is 437 g/mol. The number of halogens is 3. The van der Waals surface area contributed by atoms with Crippen LogP contribution in [-0.2, 0) is 22.3 Å². The quantitative estimate of drug-likeness (QED) is 0.477. The average Bonchev–Trinajstić information content (AvgIpc) is 3.08. The molecule has 0 bridgehead atoms. The summed E-state index contributed by atoms with van der Waals surface area (Å²) in [7, 11) is 1.63. The average molecular weight is 462 g/mol. The minimum atomic E-state index is -4.59. The van der Waals surface area contributed by atoms with E-state index in [1.165, 1.54) is 30.0 Å². The number of fused-ring (bicyclic) bond motifs is 1. The predicted molar refractivity (Wildman–Crippen MR) is 118 cm³/mol. The fourth-order valence-electron chi connectivity index (χ4n) is 3.27. The van der Waals surface area contributed by atoms with Crippen LogP contribution in [0.5, 0.6) is 5.75 Å². The number of hydrogen-bond acceptors (Lipinski definition) is 4. The first-order valence-electron chi connectivity index (χ1n) is 10.2. The number of carbonyl (C=O) groups is 2. The van der Waals surface area contributed by atoms with Gasteiger partial charge in [0.25, 0.3) is 0 Å². The van der Waals surface area contributed by atoms with Crippen molar-refractivity contribution in [1.82, 2.24) is 4.57 Å². The second-order valence-corrected chi connectivity index (χ2v) is 8.55. The maximum Gasteiger partial charge on any atom is 0.419 e. The van der Waals surface area contributed by atoms with Crippen LogP contribution in [0.3, 0.4) is 0 Å². The lowest BCUT2D eigenvalue weighted by Gasteiger charge is -2.21. The van der Waals surface area contributed by atoms with Gasteiger partial charge in [-0.1, -0.05) is 6.07 Å². The summed E-state index contributed by atoms with van der Waals surface area (Å²) in [5, 5.41) is -0.118. The smallest absolute Gasteiger partial charge is 0.419 e. The number of carbonyl (C=O) groups excluding carboxylic acids is 2. The first-order valence-corrected chi connectivity index (χ1v) is 10.2. The van der Waals surface area contributed by atoms with Gasteiger partial charge in [0.1, 0.15) is 18.0 Å². The van der Waals surface area contributed by atoms with Crippen molar-refractivity contribution in [3.63, 3.8) is 0 Å². The van der Waals surface area contributed by atoms with Crippen molar-refractivity contribution in [3.05, 3.63) is 59.8 Å². The Morgan fingerprint density at radius 1 is 1.03 bits per heavy atom. The first-order chi connectivity index (χ1) is 15.3. The maximum absolute atomic E-state index is 13.6. The Balaban J connectivity index is 1.98. The number of alkyl halides is 3. The van der Waals surface area contributed by atoms with Gasteiger partial charge >= 0.3 is 12.3 Å². The minimum absolute atomic E-state index is 0.0797. The van der Waals surface area contributed by atoms with Crippen molar-refractivity contribution in [3.8, 4) is 5.75 Å². The zero-order valence-electron chi connectivity index (χ0n) is 19.0. The van der Waals surface area contributed by atoms with Gasteiger partial charge in [-0.2, -0.15) is 13.2 Å². The molecule has 3 rings (SSSR count). The molecule has 2 aromatic carbocycles. The molecule has 3 aromatic rings. The Hall–Kier alpha value is -3.49. The van der Waals surface area contributed by atoms with Crippen molar-refractivity contribution in [1.29, 1.82) is 0 Å². The number of anilines is 1. The summed E-state index contributed by atoms with van der Waals surface area (Å²) in [6, 6.07) is 11.6. The third-order valence-corrected chi connectivity index (χ3v) is 4.89. The number of hydrogen-bond donors (Lipinski definition) is 0. The maximum atomic E-state index is 13.6. The van der Waals surface area contributed by atoms with Crippen LogP contribution in [0.4, 0.5) is 23.7 Å². The minimum Gasteiger partial charge on any atom is -0.487 e. The summed E-state index contributed by atoms with van der Waals surface area (Å²) in [6.07, 6.45) is -5.38. The van der Waals surface area contributed by atoms with E-state index in [0.717, 1.165) is 10.6 Å². The highest BCUT2D eigenvalue weighted by molar-refractivity contribution is 5.93. The number of ether oxygens (including phenoxy) is 2. The first kappa shape index (κ1) is 24.2. The van der Waals surface area contributed by atoms with Crippen molar-refractivity contribution < 1.29 is 32.2 Å². The molecule has 0 saturated carbocycles. The molecule has 0 aliphatic heterocycles. The van der Waals surface area contributed by atoms with Gasteiger partial charge in [-0.25, -0.2) is 9.36 Å². The number of benzene rings is 2. The van der Waals surface area contributed by atoms with Gasteiger partial charge in [0, 0.05) is 25.0 Å². The van der Waals surface area contributed by atoms with Gasteiger partial charge in [-0.3, -0.25) is 4.79 Å². The van der Waals surface area contributed by atoms with E-state index in [4.69, 9.17) is 9.47 Å². The largest absolute Gasteiger partial charge is 0.487 e. The van der Waals surface area contributed by atoms with E-state index < -0.39 is 23.4 Å². The molecule has 0 radical (unpaired) electrons. The summed E-state index contributed by atoms with van der Waals surface area (Å²) in [4.78, 5) is 25.8. The van der Waals surface area contributed by atoms with Gasteiger partial charge in [-0.15, -0.1) is 0 Å². The standard InChI is InChI=1S/C24H25F3N2O4/c1-15(30)28(5)16-9-11-18(12-10-16)32-14-17-13-19-20(24(25,26)27)7-6-8-21(19)29(17)22(31)33-23(2,3)4/h6-13H,14H2,1-5H3. The highest BCUT2D eigenvalue weighted by Gasteiger charge is 2.34. The normalized spacial score (nSPS) is 12.0. The Labute approximate surface area is 189 Å². The molecule has 0 unspecified atom stereocenters. The van der Waals surface area contributed by atoms with Crippen molar-refractivity contribution in [2.75, 3.05) is 11.9 Å². The van der Waals surface area contributed by atoms with Crippen LogP contribution in [0.2, 0.25) is 0 Å². The van der Waals surface area contributed by atoms with E-state index >= 15 is 0 Å². The fourth-order valence-corrected chi connectivity index (χ4v) is 3.27. The van der Waals surface area contributed by atoms with Crippen LogP contribution in [0.1, 0.15) is 39.0 Å². The van der Waals surface area contributed by atoms with Gasteiger partial charge in [0.15, 0.2) is 0 Å². The molecule has 1 heterocycles. The Kier molecular flexibility index (Phi) is 6.44. The van der Waals surface area contributed by atoms with Crippen LogP contribution in [0, 0.1) is 0 Å². The summed E-state index contributed by atoms with van der Waals surface area (Å²) in [5.74, 6) is 0.291. The van der Waals surface area contributed by atoms with Crippen LogP contribution >= 0.6 is 0 Å². The summed E-state index contributed by atoms with van der Waals surface area (Å²) >= 11 is 0. The molecule has 0 spiro atoms. The zero-order chi connectivity index (χ0) is 24.6. The summed E-state index contributed by atoms with van der Waals surface area (Å²) < 4.78 is 52.9. The molecule has 1 amide bonds.